The zero-order valence-electron chi connectivity index (χ0n) is 16.4. The molecule has 0 bridgehead atoms. The van der Waals surface area contributed by atoms with Gasteiger partial charge in [-0.05, 0) is 48.0 Å². The smallest absolute Gasteiger partial charge is 0.130 e. The van der Waals surface area contributed by atoms with Crippen LogP contribution in [0.4, 0.5) is 0 Å². The van der Waals surface area contributed by atoms with Crippen LogP contribution >= 0.6 is 0 Å². The van der Waals surface area contributed by atoms with E-state index < -0.39 is 0 Å². The van der Waals surface area contributed by atoms with Crippen LogP contribution in [0.3, 0.4) is 0 Å². The van der Waals surface area contributed by atoms with E-state index in [-0.39, 0.29) is 0 Å². The fourth-order valence-electron chi connectivity index (χ4n) is 4.03. The Morgan fingerprint density at radius 2 is 1.38 bits per heavy atom. The lowest BCUT2D eigenvalue weighted by Crippen LogP contribution is -1.93. The Morgan fingerprint density at radius 3 is 2.17 bits per heavy atom. The molecule has 5 aromatic rings. The Bertz CT molecular complexity index is 1320. The van der Waals surface area contributed by atoms with Crippen LogP contribution in [0.25, 0.3) is 38.6 Å². The average Bonchev–Trinajstić information content (AvgIpc) is 3.13. The van der Waals surface area contributed by atoms with E-state index in [1.54, 1.807) is 14.2 Å². The summed E-state index contributed by atoms with van der Waals surface area (Å²) in [6.07, 6.45) is 0. The number of nitrogens with zero attached hydrogens (tertiary/aromatic N) is 1. The number of hydrogen-bond acceptors (Lipinski definition) is 2. The minimum Gasteiger partial charge on any atom is -0.497 e. The number of rotatable bonds is 4. The molecule has 29 heavy (non-hydrogen) atoms. The molecule has 0 aliphatic heterocycles. The molecule has 0 saturated carbocycles. The molecule has 0 unspecified atom stereocenters. The minimum atomic E-state index is 0.785. The fraction of sp³-hybridized carbons (Fsp3) is 0.0769. The third kappa shape index (κ3) is 2.83. The van der Waals surface area contributed by atoms with Gasteiger partial charge in [-0.25, -0.2) is 0 Å². The first-order valence-corrected chi connectivity index (χ1v) is 9.61. The Hall–Kier alpha value is -3.72. The Labute approximate surface area is 169 Å². The Kier molecular flexibility index (Phi) is 4.21. The summed E-state index contributed by atoms with van der Waals surface area (Å²) in [6, 6.07) is 31.6. The van der Waals surface area contributed by atoms with Gasteiger partial charge >= 0.3 is 0 Å². The molecule has 0 saturated heterocycles. The molecule has 1 heterocycles. The number of fused-ring (bicyclic) bond motifs is 3. The van der Waals surface area contributed by atoms with Crippen LogP contribution in [0, 0.1) is 0 Å². The van der Waals surface area contributed by atoms with E-state index in [9.17, 15) is 0 Å². The molecule has 0 N–H and O–H groups in total. The van der Waals surface area contributed by atoms with Crippen LogP contribution in [0.5, 0.6) is 11.5 Å². The third-order valence-corrected chi connectivity index (χ3v) is 5.41. The van der Waals surface area contributed by atoms with Crippen LogP contribution in [0.1, 0.15) is 0 Å². The second-order valence-corrected chi connectivity index (χ2v) is 6.99. The maximum absolute atomic E-state index is 5.63. The Balaban J connectivity index is 1.78. The SMILES string of the molecule is COc1ccc(-c2ccc3c(c2)c2ccccc2n3-c2ccccc2)c(OC)c1. The van der Waals surface area contributed by atoms with Gasteiger partial charge in [-0.15, -0.1) is 0 Å². The molecule has 3 nitrogen and oxygen atoms in total. The Morgan fingerprint density at radius 1 is 0.621 bits per heavy atom. The highest BCUT2D eigenvalue weighted by atomic mass is 16.5. The summed E-state index contributed by atoms with van der Waals surface area (Å²) in [6.45, 7) is 0. The highest BCUT2D eigenvalue weighted by Gasteiger charge is 2.14. The van der Waals surface area contributed by atoms with Crippen molar-refractivity contribution in [3.63, 3.8) is 0 Å². The van der Waals surface area contributed by atoms with Crippen LogP contribution in [-0.2, 0) is 0 Å². The van der Waals surface area contributed by atoms with Gasteiger partial charge < -0.3 is 14.0 Å². The van der Waals surface area contributed by atoms with Crippen LogP contribution in [-0.4, -0.2) is 18.8 Å². The molecule has 5 rings (SSSR count). The topological polar surface area (TPSA) is 23.4 Å². The van der Waals surface area contributed by atoms with E-state index in [0.29, 0.717) is 0 Å². The van der Waals surface area contributed by atoms with Gasteiger partial charge in [-0.3, -0.25) is 0 Å². The molecule has 0 fully saturated rings. The van der Waals surface area contributed by atoms with Gasteiger partial charge in [0.25, 0.3) is 0 Å². The zero-order chi connectivity index (χ0) is 19.8. The molecule has 3 heteroatoms. The van der Waals surface area contributed by atoms with Crippen molar-refractivity contribution in [1.29, 1.82) is 0 Å². The summed E-state index contributed by atoms with van der Waals surface area (Å²) >= 11 is 0. The predicted octanol–water partition coefficient (Wildman–Crippen LogP) is 6.47. The molecule has 0 aliphatic rings. The molecule has 0 spiro atoms. The standard InChI is InChI=1S/C26H21NO2/c1-28-20-13-14-21(26(17-20)29-2)18-12-15-25-23(16-18)22-10-6-7-11-24(22)27(25)19-8-4-3-5-9-19/h3-17H,1-2H3. The fourth-order valence-corrected chi connectivity index (χ4v) is 4.03. The van der Waals surface area contributed by atoms with Gasteiger partial charge in [0.15, 0.2) is 0 Å². The van der Waals surface area contributed by atoms with Crippen molar-refractivity contribution >= 4 is 21.8 Å². The molecule has 1 aromatic heterocycles. The molecule has 0 radical (unpaired) electrons. The van der Waals surface area contributed by atoms with Gasteiger partial charge in [0, 0.05) is 28.1 Å². The zero-order valence-corrected chi connectivity index (χ0v) is 16.4. The number of benzene rings is 4. The molecule has 0 atom stereocenters. The van der Waals surface area contributed by atoms with E-state index >= 15 is 0 Å². The number of methoxy groups -OCH3 is 2. The van der Waals surface area contributed by atoms with Gasteiger partial charge in [-0.2, -0.15) is 0 Å². The van der Waals surface area contributed by atoms with E-state index in [1.165, 1.54) is 21.8 Å². The minimum absolute atomic E-state index is 0.785. The lowest BCUT2D eigenvalue weighted by molar-refractivity contribution is 0.395. The maximum atomic E-state index is 5.63. The maximum Gasteiger partial charge on any atom is 0.130 e. The van der Waals surface area contributed by atoms with E-state index in [0.717, 1.165) is 28.3 Å². The lowest BCUT2D eigenvalue weighted by Gasteiger charge is -2.11. The second kappa shape index (κ2) is 7.02. The van der Waals surface area contributed by atoms with Crippen LogP contribution in [0.15, 0.2) is 91.0 Å². The van der Waals surface area contributed by atoms with Crippen LogP contribution < -0.4 is 9.47 Å². The summed E-state index contributed by atoms with van der Waals surface area (Å²) < 4.78 is 13.3. The molecule has 142 valence electrons. The van der Waals surface area contributed by atoms with Crippen molar-refractivity contribution in [3.05, 3.63) is 91.0 Å². The number of ether oxygens (including phenoxy) is 2. The van der Waals surface area contributed by atoms with E-state index in [4.69, 9.17) is 9.47 Å². The predicted molar refractivity (Wildman–Crippen MR) is 119 cm³/mol. The third-order valence-electron chi connectivity index (χ3n) is 5.41. The molecule has 0 aliphatic carbocycles. The van der Waals surface area contributed by atoms with Crippen molar-refractivity contribution in [2.75, 3.05) is 14.2 Å². The highest BCUT2D eigenvalue weighted by Crippen LogP contribution is 2.38. The van der Waals surface area contributed by atoms with Crippen molar-refractivity contribution in [2.24, 2.45) is 0 Å². The largest absolute Gasteiger partial charge is 0.497 e. The molecule has 4 aromatic carbocycles. The summed E-state index contributed by atoms with van der Waals surface area (Å²) in [7, 11) is 3.36. The van der Waals surface area contributed by atoms with Crippen LogP contribution in [0.2, 0.25) is 0 Å². The number of hydrogen-bond donors (Lipinski definition) is 0. The number of aromatic nitrogens is 1. The normalized spacial score (nSPS) is 11.1. The molecular formula is C26H21NO2. The summed E-state index contributed by atoms with van der Waals surface area (Å²) in [5, 5.41) is 2.46. The van der Waals surface area contributed by atoms with E-state index in [2.05, 4.69) is 77.4 Å². The van der Waals surface area contributed by atoms with Crippen molar-refractivity contribution in [2.45, 2.75) is 0 Å². The monoisotopic (exact) mass is 379 g/mol. The quantitative estimate of drug-likeness (QED) is 0.357. The van der Waals surface area contributed by atoms with Gasteiger partial charge in [0.2, 0.25) is 0 Å². The first-order chi connectivity index (χ1) is 14.3. The number of para-hydroxylation sites is 2. The highest BCUT2D eigenvalue weighted by molar-refractivity contribution is 6.10. The average molecular weight is 379 g/mol. The van der Waals surface area contributed by atoms with Gasteiger partial charge in [-0.1, -0.05) is 42.5 Å². The first-order valence-electron chi connectivity index (χ1n) is 9.61. The van der Waals surface area contributed by atoms with E-state index in [1.807, 2.05) is 18.2 Å². The van der Waals surface area contributed by atoms with Crippen molar-refractivity contribution < 1.29 is 9.47 Å². The van der Waals surface area contributed by atoms with Gasteiger partial charge in [0.1, 0.15) is 11.5 Å². The van der Waals surface area contributed by atoms with Crippen molar-refractivity contribution in [3.8, 4) is 28.3 Å². The first kappa shape index (κ1) is 17.4. The molecule has 0 amide bonds. The lowest BCUT2D eigenvalue weighted by atomic mass is 10.0. The summed E-state index contributed by atoms with van der Waals surface area (Å²) in [5.74, 6) is 1.59. The second-order valence-electron chi connectivity index (χ2n) is 6.99. The summed E-state index contributed by atoms with van der Waals surface area (Å²) in [5.41, 5.74) is 5.72. The molecular weight excluding hydrogens is 358 g/mol. The van der Waals surface area contributed by atoms with Crippen molar-refractivity contribution in [1.82, 2.24) is 4.57 Å². The summed E-state index contributed by atoms with van der Waals surface area (Å²) in [4.78, 5) is 0. The van der Waals surface area contributed by atoms with Gasteiger partial charge in [0.05, 0.1) is 25.3 Å².